The fourth-order valence-electron chi connectivity index (χ4n) is 0.637. The molecule has 8 N–H and O–H groups in total. The molecule has 0 spiro atoms. The Bertz CT molecular complexity index is 292. The second-order valence-electron chi connectivity index (χ2n) is 2.59. The van der Waals surface area contributed by atoms with Gasteiger partial charge in [0.05, 0.1) is 25.2 Å². The van der Waals surface area contributed by atoms with Crippen LogP contribution in [-0.4, -0.2) is 11.9 Å². The Labute approximate surface area is 91.8 Å². The molecular formula is C8H14N4O4. The predicted octanol–water partition coefficient (Wildman–Crippen LogP) is -1.71. The molecule has 0 fully saturated rings. The first-order chi connectivity index (χ1) is 7.49. The van der Waals surface area contributed by atoms with Crippen molar-refractivity contribution >= 4 is 11.9 Å². The van der Waals surface area contributed by atoms with E-state index in [4.69, 9.17) is 22.9 Å². The van der Waals surface area contributed by atoms with Gasteiger partial charge in [-0.1, -0.05) is 0 Å². The van der Waals surface area contributed by atoms with Crippen LogP contribution in [0.4, 0.5) is 0 Å². The molecule has 0 aromatic heterocycles. The number of esters is 2. The maximum Gasteiger partial charge on any atom is 0.313 e. The molecule has 0 aromatic rings. The lowest BCUT2D eigenvalue weighted by Gasteiger charge is -2.04. The molecule has 0 unspecified atom stereocenters. The minimum absolute atomic E-state index is 0.203. The predicted molar refractivity (Wildman–Crippen MR) is 54.3 cm³/mol. The van der Waals surface area contributed by atoms with Crippen molar-refractivity contribution in [3.05, 3.63) is 24.2 Å². The normalized spacial score (nSPS) is 12.0. The fourth-order valence-corrected chi connectivity index (χ4v) is 0.637. The standard InChI is InChI=1S/C8H14N4O4/c9-3-5(11)15-7(13)1-2-8(14)16-6(12)4-10/h3-4H,1-2,9-12H2. The van der Waals surface area contributed by atoms with Gasteiger partial charge in [-0.3, -0.25) is 9.59 Å². The van der Waals surface area contributed by atoms with Crippen LogP contribution in [0, 0.1) is 0 Å². The smallest absolute Gasteiger partial charge is 0.313 e. The number of ether oxygens (including phenoxy) is 2. The van der Waals surface area contributed by atoms with Gasteiger partial charge in [-0.05, 0) is 0 Å². The van der Waals surface area contributed by atoms with Crippen molar-refractivity contribution in [1.29, 1.82) is 0 Å². The molecule has 0 aliphatic heterocycles. The van der Waals surface area contributed by atoms with Crippen molar-refractivity contribution in [2.45, 2.75) is 12.8 Å². The molecule has 0 aromatic carbocycles. The zero-order valence-corrected chi connectivity index (χ0v) is 8.51. The summed E-state index contributed by atoms with van der Waals surface area (Å²) in [6.07, 6.45) is 1.44. The molecule has 0 radical (unpaired) electrons. The second-order valence-corrected chi connectivity index (χ2v) is 2.59. The fraction of sp³-hybridized carbons (Fsp3) is 0.250. The van der Waals surface area contributed by atoms with Crippen LogP contribution in [0.1, 0.15) is 12.8 Å². The van der Waals surface area contributed by atoms with Crippen LogP contribution in [-0.2, 0) is 19.1 Å². The van der Waals surface area contributed by atoms with Crippen LogP contribution in [0.25, 0.3) is 0 Å². The van der Waals surface area contributed by atoms with Crippen molar-refractivity contribution in [2.24, 2.45) is 22.9 Å². The van der Waals surface area contributed by atoms with Gasteiger partial charge >= 0.3 is 11.9 Å². The summed E-state index contributed by atoms with van der Waals surface area (Å²) < 4.78 is 8.96. The molecule has 0 aliphatic rings. The van der Waals surface area contributed by atoms with E-state index in [0.29, 0.717) is 0 Å². The van der Waals surface area contributed by atoms with Crippen molar-refractivity contribution in [2.75, 3.05) is 0 Å². The third-order valence-electron chi connectivity index (χ3n) is 1.33. The summed E-state index contributed by atoms with van der Waals surface area (Å²) in [6.45, 7) is 0. The van der Waals surface area contributed by atoms with Gasteiger partial charge in [0.2, 0.25) is 11.8 Å². The van der Waals surface area contributed by atoms with Crippen LogP contribution in [0.5, 0.6) is 0 Å². The largest absolute Gasteiger partial charge is 0.408 e. The molecule has 0 bridgehead atoms. The maximum atomic E-state index is 11.0. The summed E-state index contributed by atoms with van der Waals surface area (Å²) in [7, 11) is 0. The molecule has 90 valence electrons. The lowest BCUT2D eigenvalue weighted by Crippen LogP contribution is -2.16. The van der Waals surface area contributed by atoms with E-state index in [-0.39, 0.29) is 24.6 Å². The monoisotopic (exact) mass is 230 g/mol. The Morgan fingerprint density at radius 3 is 1.44 bits per heavy atom. The molecule has 0 rings (SSSR count). The summed E-state index contributed by atoms with van der Waals surface area (Å²) in [5, 5.41) is 0. The van der Waals surface area contributed by atoms with Crippen molar-refractivity contribution in [1.82, 2.24) is 0 Å². The molecule has 8 nitrogen and oxygen atoms in total. The van der Waals surface area contributed by atoms with E-state index in [1.165, 1.54) is 0 Å². The van der Waals surface area contributed by atoms with E-state index in [2.05, 4.69) is 9.47 Å². The van der Waals surface area contributed by atoms with Gasteiger partial charge in [-0.2, -0.15) is 0 Å². The summed E-state index contributed by atoms with van der Waals surface area (Å²) in [5.74, 6) is -1.88. The van der Waals surface area contributed by atoms with Crippen molar-refractivity contribution in [3.63, 3.8) is 0 Å². The van der Waals surface area contributed by atoms with Crippen LogP contribution >= 0.6 is 0 Å². The zero-order chi connectivity index (χ0) is 12.6. The van der Waals surface area contributed by atoms with Crippen LogP contribution in [0.3, 0.4) is 0 Å². The average molecular weight is 230 g/mol. The molecule has 0 aliphatic carbocycles. The van der Waals surface area contributed by atoms with Gasteiger partial charge in [0.25, 0.3) is 0 Å². The third-order valence-corrected chi connectivity index (χ3v) is 1.33. The third kappa shape index (κ3) is 6.13. The number of carbonyl (C=O) groups is 2. The van der Waals surface area contributed by atoms with E-state index in [1.807, 2.05) is 0 Å². The first kappa shape index (κ1) is 13.6. The molecule has 0 atom stereocenters. The highest BCUT2D eigenvalue weighted by Gasteiger charge is 2.10. The number of carbonyl (C=O) groups excluding carboxylic acids is 2. The lowest BCUT2D eigenvalue weighted by atomic mass is 10.3. The highest BCUT2D eigenvalue weighted by molar-refractivity contribution is 5.78. The van der Waals surface area contributed by atoms with E-state index in [1.54, 1.807) is 0 Å². The first-order valence-corrected chi connectivity index (χ1v) is 4.25. The highest BCUT2D eigenvalue weighted by Crippen LogP contribution is 1.99. The Balaban J connectivity index is 3.89. The van der Waals surface area contributed by atoms with Gasteiger partial charge < -0.3 is 32.4 Å². The molecule has 0 saturated heterocycles. The van der Waals surface area contributed by atoms with Crippen molar-refractivity contribution in [3.8, 4) is 0 Å². The van der Waals surface area contributed by atoms with E-state index < -0.39 is 11.9 Å². The van der Waals surface area contributed by atoms with Gasteiger partial charge in [0.15, 0.2) is 0 Å². The summed E-state index contributed by atoms with van der Waals surface area (Å²) in [5.41, 5.74) is 20.2. The van der Waals surface area contributed by atoms with Gasteiger partial charge in [-0.15, -0.1) is 0 Å². The van der Waals surface area contributed by atoms with E-state index in [9.17, 15) is 9.59 Å². The zero-order valence-electron chi connectivity index (χ0n) is 8.51. The summed E-state index contributed by atoms with van der Waals surface area (Å²) in [6, 6.07) is 0. The number of hydrogen-bond donors (Lipinski definition) is 4. The lowest BCUT2D eigenvalue weighted by molar-refractivity contribution is -0.146. The summed E-state index contributed by atoms with van der Waals surface area (Å²) in [4.78, 5) is 22.0. The maximum absolute atomic E-state index is 11.0. The SMILES string of the molecule is NC=C(N)OC(=O)CCC(=O)OC(N)=CN. The highest BCUT2D eigenvalue weighted by atomic mass is 16.6. The molecule has 0 amide bonds. The Morgan fingerprint density at radius 2 is 1.19 bits per heavy atom. The Morgan fingerprint density at radius 1 is 0.875 bits per heavy atom. The van der Waals surface area contributed by atoms with Gasteiger partial charge in [-0.25, -0.2) is 0 Å². The van der Waals surface area contributed by atoms with Crippen LogP contribution < -0.4 is 22.9 Å². The number of hydrogen-bond acceptors (Lipinski definition) is 8. The number of rotatable bonds is 5. The van der Waals surface area contributed by atoms with Crippen LogP contribution in [0.15, 0.2) is 24.2 Å². The number of nitrogens with two attached hydrogens (primary N) is 4. The topological polar surface area (TPSA) is 157 Å². The minimum Gasteiger partial charge on any atom is -0.408 e. The van der Waals surface area contributed by atoms with Crippen molar-refractivity contribution < 1.29 is 19.1 Å². The van der Waals surface area contributed by atoms with E-state index in [0.717, 1.165) is 12.4 Å². The molecule has 0 saturated carbocycles. The van der Waals surface area contributed by atoms with E-state index >= 15 is 0 Å². The summed E-state index contributed by atoms with van der Waals surface area (Å²) >= 11 is 0. The van der Waals surface area contributed by atoms with Crippen LogP contribution in [0.2, 0.25) is 0 Å². The second kappa shape index (κ2) is 6.98. The minimum atomic E-state index is -0.702. The molecule has 16 heavy (non-hydrogen) atoms. The molecule has 0 heterocycles. The van der Waals surface area contributed by atoms with Gasteiger partial charge in [0.1, 0.15) is 0 Å². The Hall–Kier alpha value is -2.38. The first-order valence-electron chi connectivity index (χ1n) is 4.25. The molecule has 8 heteroatoms. The average Bonchev–Trinajstić information content (AvgIpc) is 2.26. The quantitative estimate of drug-likeness (QED) is 0.321. The molecular weight excluding hydrogens is 216 g/mol. The van der Waals surface area contributed by atoms with Gasteiger partial charge in [0, 0.05) is 0 Å². The Kier molecular flexibility index (Phi) is 5.95.